The van der Waals surface area contributed by atoms with Crippen molar-refractivity contribution in [3.05, 3.63) is 29.8 Å². The van der Waals surface area contributed by atoms with Crippen LogP contribution in [0, 0.1) is 0 Å². The zero-order valence-corrected chi connectivity index (χ0v) is 12.7. The Morgan fingerprint density at radius 1 is 1.05 bits per heavy atom. The Morgan fingerprint density at radius 2 is 1.80 bits per heavy atom. The van der Waals surface area contributed by atoms with E-state index in [1.807, 2.05) is 12.1 Å². The highest BCUT2D eigenvalue weighted by atomic mass is 16.1. The minimum absolute atomic E-state index is 0.0979. The molecular weight excluding hydrogens is 248 g/mol. The quantitative estimate of drug-likeness (QED) is 0.637. The van der Waals surface area contributed by atoms with Crippen molar-refractivity contribution in [3.8, 4) is 0 Å². The number of carbonyl (C=O) groups excluding carboxylic acids is 1. The zero-order chi connectivity index (χ0) is 14.6. The van der Waals surface area contributed by atoms with Gasteiger partial charge in [-0.15, -0.1) is 0 Å². The van der Waals surface area contributed by atoms with Gasteiger partial charge < -0.3 is 11.1 Å². The lowest BCUT2D eigenvalue weighted by atomic mass is 10.1. The lowest BCUT2D eigenvalue weighted by molar-refractivity contribution is -0.116. The van der Waals surface area contributed by atoms with E-state index >= 15 is 0 Å². The summed E-state index contributed by atoms with van der Waals surface area (Å²) in [5.74, 6) is 0.0979. The molecule has 0 saturated carbocycles. The maximum absolute atomic E-state index is 11.7. The monoisotopic (exact) mass is 276 g/mol. The first kappa shape index (κ1) is 16.7. The molecule has 0 aliphatic rings. The summed E-state index contributed by atoms with van der Waals surface area (Å²) in [5, 5.41) is 2.94. The summed E-state index contributed by atoms with van der Waals surface area (Å²) in [5.41, 5.74) is 7.67. The number of hydrogen-bond donors (Lipinski definition) is 2. The predicted octanol–water partition coefficient (Wildman–Crippen LogP) is 3.88. The maximum Gasteiger partial charge on any atom is 0.224 e. The van der Waals surface area contributed by atoms with Crippen LogP contribution in [0.25, 0.3) is 0 Å². The van der Waals surface area contributed by atoms with Crippen LogP contribution in [0.5, 0.6) is 0 Å². The van der Waals surface area contributed by atoms with Gasteiger partial charge in [0.25, 0.3) is 0 Å². The summed E-state index contributed by atoms with van der Waals surface area (Å²) in [6, 6.07) is 8.22. The Labute approximate surface area is 122 Å². The third kappa shape index (κ3) is 7.29. The molecule has 3 N–H and O–H groups in total. The van der Waals surface area contributed by atoms with Crippen LogP contribution in [0.15, 0.2) is 24.3 Å². The second-order valence-corrected chi connectivity index (χ2v) is 5.30. The Balaban J connectivity index is 2.27. The minimum atomic E-state index is 0.0979. The van der Waals surface area contributed by atoms with Crippen LogP contribution in [0.1, 0.15) is 57.4 Å². The number of rotatable bonds is 10. The van der Waals surface area contributed by atoms with E-state index < -0.39 is 0 Å². The number of nitrogens with one attached hydrogen (secondary N) is 1. The molecule has 0 unspecified atom stereocenters. The van der Waals surface area contributed by atoms with Crippen molar-refractivity contribution in [3.63, 3.8) is 0 Å². The third-order valence-electron chi connectivity index (χ3n) is 3.41. The van der Waals surface area contributed by atoms with Gasteiger partial charge in [-0.1, -0.05) is 38.3 Å². The van der Waals surface area contributed by atoms with Crippen molar-refractivity contribution in [2.24, 2.45) is 5.73 Å². The van der Waals surface area contributed by atoms with Crippen molar-refractivity contribution in [2.45, 2.75) is 58.3 Å². The van der Waals surface area contributed by atoms with Gasteiger partial charge in [0, 0.05) is 12.1 Å². The Kier molecular flexibility index (Phi) is 8.72. The van der Waals surface area contributed by atoms with Crippen molar-refractivity contribution >= 4 is 11.6 Å². The van der Waals surface area contributed by atoms with E-state index in [2.05, 4.69) is 24.4 Å². The normalized spacial score (nSPS) is 10.5. The molecule has 20 heavy (non-hydrogen) atoms. The highest BCUT2D eigenvalue weighted by Crippen LogP contribution is 2.13. The van der Waals surface area contributed by atoms with E-state index in [0.717, 1.165) is 31.4 Å². The Morgan fingerprint density at radius 3 is 2.45 bits per heavy atom. The summed E-state index contributed by atoms with van der Waals surface area (Å²) < 4.78 is 0. The molecule has 0 atom stereocenters. The predicted molar refractivity (Wildman–Crippen MR) is 85.8 cm³/mol. The Bertz CT molecular complexity index is 373. The van der Waals surface area contributed by atoms with Gasteiger partial charge in [0.15, 0.2) is 0 Å². The third-order valence-corrected chi connectivity index (χ3v) is 3.41. The summed E-state index contributed by atoms with van der Waals surface area (Å²) >= 11 is 0. The van der Waals surface area contributed by atoms with E-state index in [4.69, 9.17) is 5.73 Å². The average molecular weight is 276 g/mol. The lowest BCUT2D eigenvalue weighted by Crippen LogP contribution is -2.11. The van der Waals surface area contributed by atoms with Gasteiger partial charge in [0.1, 0.15) is 0 Å². The number of unbranched alkanes of at least 4 members (excludes halogenated alkanes) is 4. The van der Waals surface area contributed by atoms with E-state index in [1.165, 1.54) is 24.8 Å². The van der Waals surface area contributed by atoms with E-state index in [0.29, 0.717) is 13.0 Å². The SMILES string of the molecule is CCCCCc1ccc(NC(=O)CCCCCN)cc1. The topological polar surface area (TPSA) is 55.1 Å². The van der Waals surface area contributed by atoms with E-state index in [-0.39, 0.29) is 5.91 Å². The molecular formula is C17H28N2O. The number of amides is 1. The molecule has 0 aliphatic carbocycles. The average Bonchev–Trinajstić information content (AvgIpc) is 2.46. The number of anilines is 1. The van der Waals surface area contributed by atoms with Crippen LogP contribution in [0.4, 0.5) is 5.69 Å². The standard InChI is InChI=1S/C17H28N2O/c1-2-3-5-8-15-10-12-16(13-11-15)19-17(20)9-6-4-7-14-18/h10-13H,2-9,14,18H2,1H3,(H,19,20). The Hall–Kier alpha value is -1.35. The fraction of sp³-hybridized carbons (Fsp3) is 0.588. The lowest BCUT2D eigenvalue weighted by Gasteiger charge is -2.06. The van der Waals surface area contributed by atoms with Crippen LogP contribution in [-0.2, 0) is 11.2 Å². The smallest absolute Gasteiger partial charge is 0.224 e. The molecule has 1 rings (SSSR count). The van der Waals surface area contributed by atoms with Crippen molar-refractivity contribution in [1.29, 1.82) is 0 Å². The fourth-order valence-electron chi connectivity index (χ4n) is 2.16. The van der Waals surface area contributed by atoms with Crippen LogP contribution < -0.4 is 11.1 Å². The first-order chi connectivity index (χ1) is 9.76. The molecule has 3 nitrogen and oxygen atoms in total. The summed E-state index contributed by atoms with van der Waals surface area (Å²) in [4.78, 5) is 11.7. The molecule has 0 bridgehead atoms. The van der Waals surface area contributed by atoms with Gasteiger partial charge in [-0.2, -0.15) is 0 Å². The molecule has 1 aromatic rings. The second-order valence-electron chi connectivity index (χ2n) is 5.30. The number of aryl methyl sites for hydroxylation is 1. The van der Waals surface area contributed by atoms with E-state index in [1.54, 1.807) is 0 Å². The molecule has 0 aliphatic heterocycles. The molecule has 0 saturated heterocycles. The molecule has 1 aromatic carbocycles. The maximum atomic E-state index is 11.7. The molecule has 0 radical (unpaired) electrons. The van der Waals surface area contributed by atoms with Gasteiger partial charge >= 0.3 is 0 Å². The summed E-state index contributed by atoms with van der Waals surface area (Å²) in [6.45, 7) is 2.92. The van der Waals surface area contributed by atoms with Crippen molar-refractivity contribution in [2.75, 3.05) is 11.9 Å². The number of nitrogens with two attached hydrogens (primary N) is 1. The van der Waals surface area contributed by atoms with Gasteiger partial charge in [-0.05, 0) is 49.9 Å². The van der Waals surface area contributed by atoms with Crippen LogP contribution in [0.3, 0.4) is 0 Å². The summed E-state index contributed by atoms with van der Waals surface area (Å²) in [6.07, 6.45) is 8.42. The highest BCUT2D eigenvalue weighted by molar-refractivity contribution is 5.90. The number of benzene rings is 1. The molecule has 0 aromatic heterocycles. The van der Waals surface area contributed by atoms with Gasteiger partial charge in [0.05, 0.1) is 0 Å². The molecule has 0 spiro atoms. The highest BCUT2D eigenvalue weighted by Gasteiger charge is 2.02. The fourth-order valence-corrected chi connectivity index (χ4v) is 2.16. The zero-order valence-electron chi connectivity index (χ0n) is 12.7. The minimum Gasteiger partial charge on any atom is -0.330 e. The van der Waals surface area contributed by atoms with Gasteiger partial charge in [-0.3, -0.25) is 4.79 Å². The van der Waals surface area contributed by atoms with Gasteiger partial charge in [-0.25, -0.2) is 0 Å². The largest absolute Gasteiger partial charge is 0.330 e. The molecule has 0 fully saturated rings. The van der Waals surface area contributed by atoms with Crippen LogP contribution in [-0.4, -0.2) is 12.5 Å². The molecule has 0 heterocycles. The number of hydrogen-bond acceptors (Lipinski definition) is 2. The van der Waals surface area contributed by atoms with E-state index in [9.17, 15) is 4.79 Å². The summed E-state index contributed by atoms with van der Waals surface area (Å²) in [7, 11) is 0. The first-order valence-corrected chi connectivity index (χ1v) is 7.85. The molecule has 1 amide bonds. The first-order valence-electron chi connectivity index (χ1n) is 7.85. The van der Waals surface area contributed by atoms with Gasteiger partial charge in [0.2, 0.25) is 5.91 Å². The number of carbonyl (C=O) groups is 1. The molecule has 112 valence electrons. The van der Waals surface area contributed by atoms with Crippen molar-refractivity contribution in [1.82, 2.24) is 0 Å². The van der Waals surface area contributed by atoms with Crippen LogP contribution >= 0.6 is 0 Å². The molecule has 3 heteroatoms. The van der Waals surface area contributed by atoms with Crippen LogP contribution in [0.2, 0.25) is 0 Å². The second kappa shape index (κ2) is 10.4. The van der Waals surface area contributed by atoms with Crippen molar-refractivity contribution < 1.29 is 4.79 Å².